The average molecular weight is 488 g/mol. The molecule has 184 valence electrons. The molecule has 4 aromatic carbocycles. The zero-order valence-corrected chi connectivity index (χ0v) is 21.2. The van der Waals surface area contributed by atoms with Crippen LogP contribution in [0.2, 0.25) is 0 Å². The van der Waals surface area contributed by atoms with E-state index in [0.29, 0.717) is 5.56 Å². The lowest BCUT2D eigenvalue weighted by Gasteiger charge is -2.34. The summed E-state index contributed by atoms with van der Waals surface area (Å²) in [6.45, 7) is 5.22. The molecule has 2 aliphatic rings. The minimum Gasteiger partial charge on any atom is -0.381 e. The maximum absolute atomic E-state index is 13.5. The number of carbonyl (C=O) groups is 1. The number of benzene rings is 4. The lowest BCUT2D eigenvalue weighted by molar-refractivity contribution is 0.0933. The molecule has 2 aliphatic carbocycles. The number of Topliss-reactive ketones (excluding diaryl/α,β-unsaturated/α-hetero) is 1. The molecule has 0 heterocycles. The highest BCUT2D eigenvalue weighted by Crippen LogP contribution is 2.35. The summed E-state index contributed by atoms with van der Waals surface area (Å²) in [5, 5.41) is 5.96. The maximum atomic E-state index is 13.5. The summed E-state index contributed by atoms with van der Waals surface area (Å²) in [5.74, 6) is -0.511. The van der Waals surface area contributed by atoms with Gasteiger partial charge >= 0.3 is 0 Å². The van der Waals surface area contributed by atoms with Crippen molar-refractivity contribution < 1.29 is 9.18 Å². The van der Waals surface area contributed by atoms with Gasteiger partial charge in [-0.05, 0) is 92.9 Å². The molecule has 3 heteroatoms. The summed E-state index contributed by atoms with van der Waals surface area (Å²) in [6, 6.07) is 27.5. The van der Waals surface area contributed by atoms with E-state index in [0.717, 1.165) is 25.1 Å². The summed E-state index contributed by atoms with van der Waals surface area (Å²) in [5.41, 5.74) is 7.82. The van der Waals surface area contributed by atoms with Crippen LogP contribution in [-0.2, 0) is 18.4 Å². The van der Waals surface area contributed by atoms with Crippen molar-refractivity contribution in [2.75, 3.05) is 5.32 Å². The Morgan fingerprint density at radius 3 is 2.49 bits per heavy atom. The molecule has 0 amide bonds. The number of hydrogen-bond donors (Lipinski definition) is 1. The van der Waals surface area contributed by atoms with Crippen molar-refractivity contribution in [3.05, 3.63) is 123 Å². The molecule has 2 nitrogen and oxygen atoms in total. The third-order valence-electron chi connectivity index (χ3n) is 7.85. The smallest absolute Gasteiger partial charge is 0.169 e. The van der Waals surface area contributed by atoms with Gasteiger partial charge in [0.1, 0.15) is 5.82 Å². The Kier molecular flexibility index (Phi) is 5.79. The lowest BCUT2D eigenvalue weighted by Crippen LogP contribution is -2.43. The zero-order chi connectivity index (χ0) is 25.6. The first-order valence-corrected chi connectivity index (χ1v) is 13.0. The first-order chi connectivity index (χ1) is 17.9. The Hall–Kier alpha value is -3.98. The van der Waals surface area contributed by atoms with E-state index in [2.05, 4.69) is 85.9 Å². The predicted octanol–water partition coefficient (Wildman–Crippen LogP) is 6.40. The van der Waals surface area contributed by atoms with E-state index in [9.17, 15) is 9.18 Å². The normalized spacial score (nSPS) is 16.9. The fourth-order valence-electron chi connectivity index (χ4n) is 5.90. The Morgan fingerprint density at radius 1 is 0.919 bits per heavy atom. The van der Waals surface area contributed by atoms with Crippen LogP contribution in [0.25, 0.3) is 23.3 Å². The molecule has 1 unspecified atom stereocenters. The van der Waals surface area contributed by atoms with Gasteiger partial charge in [0.15, 0.2) is 5.78 Å². The minimum atomic E-state index is -0.324. The second kappa shape index (κ2) is 9.15. The van der Waals surface area contributed by atoms with Gasteiger partial charge in [-0.1, -0.05) is 74.5 Å². The molecule has 1 N–H and O–H groups in total. The summed E-state index contributed by atoms with van der Waals surface area (Å²) >= 11 is 0. The van der Waals surface area contributed by atoms with Crippen molar-refractivity contribution in [3.63, 3.8) is 0 Å². The van der Waals surface area contributed by atoms with Gasteiger partial charge < -0.3 is 5.32 Å². The van der Waals surface area contributed by atoms with Crippen molar-refractivity contribution in [2.45, 2.75) is 38.6 Å². The van der Waals surface area contributed by atoms with Gasteiger partial charge in [-0.2, -0.15) is 0 Å². The van der Waals surface area contributed by atoms with E-state index < -0.39 is 0 Å². The van der Waals surface area contributed by atoms with E-state index in [1.54, 1.807) is 12.1 Å². The number of carbonyl (C=O) groups excluding carboxylic acids is 1. The molecule has 0 fully saturated rings. The monoisotopic (exact) mass is 487 g/mol. The minimum absolute atomic E-state index is 0.0555. The van der Waals surface area contributed by atoms with E-state index in [1.807, 2.05) is 6.07 Å². The van der Waals surface area contributed by atoms with Crippen LogP contribution in [0, 0.1) is 11.7 Å². The summed E-state index contributed by atoms with van der Waals surface area (Å²) in [4.78, 5) is 13.4. The fourth-order valence-corrected chi connectivity index (χ4v) is 5.90. The first kappa shape index (κ1) is 23.4. The molecule has 0 saturated heterocycles. The Labute approximate surface area is 217 Å². The standard InChI is InChI=1S/C34H30FNO/c1-34(2)20-25(33(37)24-8-12-26(35)13-9-24)18-31-29-15-11-23-10-14-27(36-21-22-6-4-3-5-7-22)19-30(23)28(29)16-17-32(31)34/h3-10,12-19,25,36H,11,20-21H2,1-2H3. The predicted molar refractivity (Wildman–Crippen MR) is 149 cm³/mol. The van der Waals surface area contributed by atoms with Crippen molar-refractivity contribution in [1.29, 1.82) is 0 Å². The number of hydrogen-bond acceptors (Lipinski definition) is 2. The van der Waals surface area contributed by atoms with Crippen LogP contribution in [0.15, 0.2) is 84.9 Å². The van der Waals surface area contributed by atoms with Gasteiger partial charge in [0.2, 0.25) is 0 Å². The SMILES string of the molecule is CC1(C)CC(C(=O)c2ccc(F)cc2)C=c2c1ccc1c2=CCc2ccc(NCc3ccccc3)cc2-1. The maximum Gasteiger partial charge on any atom is 0.169 e. The van der Waals surface area contributed by atoms with E-state index in [4.69, 9.17) is 0 Å². The highest BCUT2D eigenvalue weighted by molar-refractivity contribution is 6.01. The van der Waals surface area contributed by atoms with Gasteiger partial charge in [0, 0.05) is 23.7 Å². The Morgan fingerprint density at radius 2 is 1.70 bits per heavy atom. The summed E-state index contributed by atoms with van der Waals surface area (Å²) < 4.78 is 13.5. The number of nitrogens with one attached hydrogen (secondary N) is 1. The molecule has 0 bridgehead atoms. The van der Waals surface area contributed by atoms with Gasteiger partial charge in [-0.25, -0.2) is 4.39 Å². The zero-order valence-electron chi connectivity index (χ0n) is 21.2. The number of rotatable bonds is 5. The molecule has 0 saturated carbocycles. The van der Waals surface area contributed by atoms with Crippen LogP contribution in [-0.4, -0.2) is 5.78 Å². The van der Waals surface area contributed by atoms with Crippen LogP contribution in [0.1, 0.15) is 47.3 Å². The molecule has 4 aromatic rings. The molecule has 0 aliphatic heterocycles. The van der Waals surface area contributed by atoms with Gasteiger partial charge in [0.05, 0.1) is 0 Å². The Bertz CT molecular complexity index is 1620. The molecule has 37 heavy (non-hydrogen) atoms. The Balaban J connectivity index is 1.40. The topological polar surface area (TPSA) is 29.1 Å². The number of fused-ring (bicyclic) bond motifs is 5. The van der Waals surface area contributed by atoms with Crippen molar-refractivity contribution in [1.82, 2.24) is 0 Å². The van der Waals surface area contributed by atoms with Gasteiger partial charge in [-0.3, -0.25) is 4.79 Å². The largest absolute Gasteiger partial charge is 0.381 e. The lowest BCUT2D eigenvalue weighted by atomic mass is 9.69. The highest BCUT2D eigenvalue weighted by atomic mass is 19.1. The van der Waals surface area contributed by atoms with E-state index in [-0.39, 0.29) is 22.9 Å². The van der Waals surface area contributed by atoms with Crippen LogP contribution in [0.5, 0.6) is 0 Å². The molecule has 0 aromatic heterocycles. The second-order valence-electron chi connectivity index (χ2n) is 10.8. The third-order valence-corrected chi connectivity index (χ3v) is 7.85. The van der Waals surface area contributed by atoms with Gasteiger partial charge in [0.25, 0.3) is 0 Å². The second-order valence-corrected chi connectivity index (χ2v) is 10.8. The van der Waals surface area contributed by atoms with Crippen LogP contribution in [0.3, 0.4) is 0 Å². The number of halogens is 1. The number of ketones is 1. The molecular formula is C34H30FNO. The van der Waals surface area contributed by atoms with Crippen LogP contribution >= 0.6 is 0 Å². The molecule has 1 atom stereocenters. The number of anilines is 1. The quantitative estimate of drug-likeness (QED) is 0.330. The van der Waals surface area contributed by atoms with Crippen molar-refractivity contribution in [2.24, 2.45) is 5.92 Å². The summed E-state index contributed by atoms with van der Waals surface area (Å²) in [6.07, 6.45) is 6.07. The third kappa shape index (κ3) is 4.40. The van der Waals surface area contributed by atoms with Crippen molar-refractivity contribution >= 4 is 23.6 Å². The highest BCUT2D eigenvalue weighted by Gasteiger charge is 2.33. The summed E-state index contributed by atoms with van der Waals surface area (Å²) in [7, 11) is 0. The molecular weight excluding hydrogens is 457 g/mol. The van der Waals surface area contributed by atoms with Crippen molar-refractivity contribution in [3.8, 4) is 11.1 Å². The molecule has 0 spiro atoms. The first-order valence-electron chi connectivity index (χ1n) is 13.0. The van der Waals surface area contributed by atoms with Crippen LogP contribution < -0.4 is 15.8 Å². The molecule has 0 radical (unpaired) electrons. The van der Waals surface area contributed by atoms with E-state index in [1.165, 1.54) is 50.4 Å². The molecule has 6 rings (SSSR count). The van der Waals surface area contributed by atoms with Gasteiger partial charge in [-0.15, -0.1) is 0 Å². The average Bonchev–Trinajstić information content (AvgIpc) is 2.91. The fraction of sp³-hybridized carbons (Fsp3) is 0.206. The van der Waals surface area contributed by atoms with E-state index >= 15 is 0 Å². The van der Waals surface area contributed by atoms with Crippen LogP contribution in [0.4, 0.5) is 10.1 Å².